The lowest BCUT2D eigenvalue weighted by Gasteiger charge is -2.14. The van der Waals surface area contributed by atoms with Crippen molar-refractivity contribution in [3.05, 3.63) is 22.7 Å². The molecule has 2 rings (SSSR count). The highest BCUT2D eigenvalue weighted by molar-refractivity contribution is 6.32. The van der Waals surface area contributed by atoms with Crippen LogP contribution >= 0.6 is 11.6 Å². The zero-order valence-corrected chi connectivity index (χ0v) is 12.6. The first-order valence-corrected chi connectivity index (χ1v) is 6.80. The summed E-state index contributed by atoms with van der Waals surface area (Å²) >= 11 is 6.24. The van der Waals surface area contributed by atoms with Crippen LogP contribution in [0.1, 0.15) is 18.9 Å². The van der Waals surface area contributed by atoms with Crippen LogP contribution in [0.4, 0.5) is 5.95 Å². The van der Waals surface area contributed by atoms with Crippen LogP contribution < -0.4 is 20.6 Å². The molecule has 0 saturated heterocycles. The van der Waals surface area contributed by atoms with Gasteiger partial charge in [-0.15, -0.1) is 4.79 Å². The maximum absolute atomic E-state index is 6.24. The van der Waals surface area contributed by atoms with Crippen molar-refractivity contribution >= 4 is 17.5 Å². The average Bonchev–Trinajstić information content (AvgIpc) is 2.88. The molecule has 0 bridgehead atoms. The fraction of sp³-hybridized carbons (Fsp3) is 0.417. The maximum Gasteiger partial charge on any atom is 0.260 e. The van der Waals surface area contributed by atoms with E-state index in [-0.39, 0.29) is 5.95 Å². The normalized spacial score (nSPS) is 10.4. The molecule has 0 amide bonds. The molecule has 0 aliphatic heterocycles. The third-order valence-electron chi connectivity index (χ3n) is 2.67. The van der Waals surface area contributed by atoms with E-state index in [0.29, 0.717) is 29.7 Å². The van der Waals surface area contributed by atoms with Crippen molar-refractivity contribution in [1.82, 2.24) is 20.3 Å². The molecule has 0 aliphatic carbocycles. The van der Waals surface area contributed by atoms with Crippen LogP contribution in [0, 0.1) is 0 Å². The summed E-state index contributed by atoms with van der Waals surface area (Å²) in [5.74, 6) is 1.31. The van der Waals surface area contributed by atoms with E-state index in [4.69, 9.17) is 26.8 Å². The van der Waals surface area contributed by atoms with Gasteiger partial charge in [0.05, 0.1) is 25.3 Å². The number of anilines is 1. The van der Waals surface area contributed by atoms with E-state index in [2.05, 4.69) is 21.0 Å². The minimum atomic E-state index is 0.177. The number of tetrazole rings is 1. The number of rotatable bonds is 7. The smallest absolute Gasteiger partial charge is 0.260 e. The average molecular weight is 313 g/mol. The SMILES string of the molecule is CCCOc1c(Cl)cc(CNn2nnnc2N)cc1OC. The number of nitrogen functional groups attached to an aromatic ring is 1. The van der Waals surface area contributed by atoms with Crippen LogP contribution in [-0.4, -0.2) is 34.0 Å². The van der Waals surface area contributed by atoms with E-state index in [1.807, 2.05) is 13.0 Å². The molecule has 1 aromatic heterocycles. The zero-order valence-electron chi connectivity index (χ0n) is 11.8. The van der Waals surface area contributed by atoms with E-state index < -0.39 is 0 Å². The molecule has 114 valence electrons. The number of nitrogens with one attached hydrogen (secondary N) is 1. The second kappa shape index (κ2) is 6.98. The van der Waals surface area contributed by atoms with Crippen molar-refractivity contribution in [2.45, 2.75) is 19.9 Å². The molecular weight excluding hydrogens is 296 g/mol. The Kier molecular flexibility index (Phi) is 5.04. The number of methoxy groups -OCH3 is 1. The molecule has 21 heavy (non-hydrogen) atoms. The lowest BCUT2D eigenvalue weighted by atomic mass is 10.2. The molecule has 9 heteroatoms. The molecule has 0 radical (unpaired) electrons. The molecule has 3 N–H and O–H groups in total. The Labute approximate surface area is 127 Å². The van der Waals surface area contributed by atoms with Crippen LogP contribution in [0.25, 0.3) is 0 Å². The Morgan fingerprint density at radius 3 is 2.86 bits per heavy atom. The van der Waals surface area contributed by atoms with Gasteiger partial charge in [-0.25, -0.2) is 0 Å². The van der Waals surface area contributed by atoms with E-state index in [0.717, 1.165) is 12.0 Å². The Bertz CT molecular complexity index is 603. The first-order valence-electron chi connectivity index (χ1n) is 6.42. The summed E-state index contributed by atoms with van der Waals surface area (Å²) in [4.78, 5) is 1.28. The van der Waals surface area contributed by atoms with E-state index in [1.54, 1.807) is 13.2 Å². The van der Waals surface area contributed by atoms with Gasteiger partial charge >= 0.3 is 0 Å². The van der Waals surface area contributed by atoms with Gasteiger partial charge in [0.1, 0.15) is 0 Å². The quantitative estimate of drug-likeness (QED) is 0.798. The monoisotopic (exact) mass is 312 g/mol. The number of nitrogens with zero attached hydrogens (tertiary/aromatic N) is 4. The lowest BCUT2D eigenvalue weighted by molar-refractivity contribution is 0.294. The van der Waals surface area contributed by atoms with Gasteiger partial charge in [0.15, 0.2) is 11.5 Å². The third kappa shape index (κ3) is 3.66. The van der Waals surface area contributed by atoms with Gasteiger partial charge in [-0.1, -0.05) is 23.6 Å². The molecule has 8 nitrogen and oxygen atoms in total. The van der Waals surface area contributed by atoms with E-state index in [9.17, 15) is 0 Å². The molecule has 1 aromatic carbocycles. The number of ether oxygens (including phenoxy) is 2. The molecule has 0 spiro atoms. The predicted octanol–water partition coefficient (Wildman–Crippen LogP) is 1.45. The van der Waals surface area contributed by atoms with Crippen molar-refractivity contribution in [3.63, 3.8) is 0 Å². The summed E-state index contributed by atoms with van der Waals surface area (Å²) in [5.41, 5.74) is 9.40. The Morgan fingerprint density at radius 1 is 1.43 bits per heavy atom. The van der Waals surface area contributed by atoms with E-state index in [1.165, 1.54) is 4.79 Å². The van der Waals surface area contributed by atoms with Gasteiger partial charge < -0.3 is 20.6 Å². The van der Waals surface area contributed by atoms with E-state index >= 15 is 0 Å². The molecular formula is C12H17ClN6O2. The van der Waals surface area contributed by atoms with Crippen molar-refractivity contribution in [1.29, 1.82) is 0 Å². The Balaban J connectivity index is 2.13. The number of hydrogen-bond acceptors (Lipinski definition) is 7. The molecule has 0 saturated carbocycles. The van der Waals surface area contributed by atoms with Crippen molar-refractivity contribution in [2.75, 3.05) is 24.9 Å². The highest BCUT2D eigenvalue weighted by Crippen LogP contribution is 2.36. The van der Waals surface area contributed by atoms with Gasteiger partial charge in [0.2, 0.25) is 0 Å². The molecule has 2 aromatic rings. The molecule has 0 unspecified atom stereocenters. The van der Waals surface area contributed by atoms with Crippen molar-refractivity contribution in [2.24, 2.45) is 0 Å². The molecule has 1 heterocycles. The summed E-state index contributed by atoms with van der Waals surface area (Å²) in [7, 11) is 1.57. The van der Waals surface area contributed by atoms with Crippen LogP contribution in [0.2, 0.25) is 5.02 Å². The van der Waals surface area contributed by atoms with Gasteiger partial charge in [0, 0.05) is 0 Å². The van der Waals surface area contributed by atoms with Crippen LogP contribution in [0.15, 0.2) is 12.1 Å². The fourth-order valence-corrected chi connectivity index (χ4v) is 1.98. The summed E-state index contributed by atoms with van der Waals surface area (Å²) in [5, 5.41) is 11.2. The number of aromatic nitrogens is 4. The largest absolute Gasteiger partial charge is 0.493 e. The van der Waals surface area contributed by atoms with Gasteiger partial charge in [-0.2, -0.15) is 0 Å². The summed E-state index contributed by atoms with van der Waals surface area (Å²) in [6, 6.07) is 3.63. The van der Waals surface area contributed by atoms with Crippen molar-refractivity contribution in [3.8, 4) is 11.5 Å². The minimum Gasteiger partial charge on any atom is -0.493 e. The van der Waals surface area contributed by atoms with Gasteiger partial charge in [-0.3, -0.25) is 0 Å². The predicted molar refractivity (Wildman–Crippen MR) is 79.1 cm³/mol. The minimum absolute atomic E-state index is 0.177. The number of hydrogen-bond donors (Lipinski definition) is 2. The fourth-order valence-electron chi connectivity index (χ4n) is 1.69. The summed E-state index contributed by atoms with van der Waals surface area (Å²) in [6.45, 7) is 3.03. The molecule has 0 fully saturated rings. The second-order valence-electron chi connectivity index (χ2n) is 4.24. The van der Waals surface area contributed by atoms with Gasteiger partial charge in [0.25, 0.3) is 5.95 Å². The van der Waals surface area contributed by atoms with Crippen molar-refractivity contribution < 1.29 is 9.47 Å². The highest BCUT2D eigenvalue weighted by Gasteiger charge is 2.12. The molecule has 0 atom stereocenters. The Hall–Kier alpha value is -2.22. The standard InChI is InChI=1S/C12H17ClN6O2/c1-3-4-21-11-9(13)5-8(6-10(11)20-2)7-15-19-12(14)16-17-18-19/h5-6,15H,3-4,7H2,1-2H3,(H2,14,16,18). The molecule has 0 aliphatic rings. The number of benzene rings is 1. The second-order valence-corrected chi connectivity index (χ2v) is 4.65. The highest BCUT2D eigenvalue weighted by atomic mass is 35.5. The zero-order chi connectivity index (χ0) is 15.2. The number of nitrogens with two attached hydrogens (primary N) is 1. The summed E-state index contributed by atoms with van der Waals surface area (Å²) in [6.07, 6.45) is 0.890. The lowest BCUT2D eigenvalue weighted by Crippen LogP contribution is -2.18. The van der Waals surface area contributed by atoms with Crippen LogP contribution in [0.5, 0.6) is 11.5 Å². The first kappa shape index (κ1) is 15.2. The first-order chi connectivity index (χ1) is 10.2. The van der Waals surface area contributed by atoms with Gasteiger partial charge in [-0.05, 0) is 34.5 Å². The third-order valence-corrected chi connectivity index (χ3v) is 2.95. The number of halogens is 1. The Morgan fingerprint density at radius 2 is 2.24 bits per heavy atom. The van der Waals surface area contributed by atoms with Crippen LogP contribution in [-0.2, 0) is 6.54 Å². The topological polar surface area (TPSA) is 100 Å². The maximum atomic E-state index is 6.24. The van der Waals surface area contributed by atoms with Crippen LogP contribution in [0.3, 0.4) is 0 Å². The summed E-state index contributed by atoms with van der Waals surface area (Å²) < 4.78 is 10.9.